The fourth-order valence-electron chi connectivity index (χ4n) is 1.47. The zero-order valence-electron chi connectivity index (χ0n) is 9.49. The quantitative estimate of drug-likeness (QED) is 0.805. The molecule has 0 radical (unpaired) electrons. The molecule has 0 aliphatic carbocycles. The number of rotatable bonds is 2. The van der Waals surface area contributed by atoms with E-state index in [1.54, 1.807) is 0 Å². The number of benzene rings is 1. The van der Waals surface area contributed by atoms with Crippen molar-refractivity contribution in [3.63, 3.8) is 0 Å². The Kier molecular flexibility index (Phi) is 4.91. The van der Waals surface area contributed by atoms with Gasteiger partial charge in [0.1, 0.15) is 11.5 Å². The third kappa shape index (κ3) is 3.10. The predicted molar refractivity (Wildman–Crippen MR) is 63.9 cm³/mol. The van der Waals surface area contributed by atoms with Crippen LogP contribution in [0, 0.1) is 0 Å². The summed E-state index contributed by atoms with van der Waals surface area (Å²) in [5.41, 5.74) is 6.71. The van der Waals surface area contributed by atoms with Crippen LogP contribution in [0.1, 0.15) is 25.8 Å². The molecule has 2 rings (SSSR count). The van der Waals surface area contributed by atoms with Crippen molar-refractivity contribution in [1.29, 1.82) is 0 Å². The molecular formula is C13H19NO. The number of fused-ring (bicyclic) bond motifs is 1. The first kappa shape index (κ1) is 11.8. The van der Waals surface area contributed by atoms with Crippen LogP contribution in [0.4, 0.5) is 0 Å². The Bertz CT molecular complexity index is 331. The van der Waals surface area contributed by atoms with Crippen LogP contribution in [-0.4, -0.2) is 6.54 Å². The standard InChI is InChI=1S/C11H13NO.C2H6/c12-8-7-10-6-5-9-3-1-2-4-11(9)13-10;1-2/h1-4,6H,5,7-8,12H2;1-2H3. The summed E-state index contributed by atoms with van der Waals surface area (Å²) in [6, 6.07) is 8.11. The van der Waals surface area contributed by atoms with Gasteiger partial charge in [0.2, 0.25) is 0 Å². The van der Waals surface area contributed by atoms with Gasteiger partial charge in [-0.25, -0.2) is 0 Å². The lowest BCUT2D eigenvalue weighted by molar-refractivity contribution is 0.390. The molecule has 2 N–H and O–H groups in total. The van der Waals surface area contributed by atoms with Gasteiger partial charge >= 0.3 is 0 Å². The number of nitrogens with two attached hydrogens (primary N) is 1. The smallest absolute Gasteiger partial charge is 0.130 e. The maximum atomic E-state index is 5.65. The van der Waals surface area contributed by atoms with Gasteiger partial charge in [-0.1, -0.05) is 32.0 Å². The van der Waals surface area contributed by atoms with Gasteiger partial charge in [-0.15, -0.1) is 0 Å². The molecule has 1 aromatic rings. The second kappa shape index (κ2) is 6.25. The highest BCUT2D eigenvalue weighted by atomic mass is 16.5. The van der Waals surface area contributed by atoms with E-state index in [1.165, 1.54) is 5.56 Å². The third-order valence-electron chi connectivity index (χ3n) is 2.15. The molecule has 82 valence electrons. The Hall–Kier alpha value is -1.28. The van der Waals surface area contributed by atoms with Gasteiger partial charge in [0.25, 0.3) is 0 Å². The van der Waals surface area contributed by atoms with Crippen LogP contribution in [0.3, 0.4) is 0 Å². The fraction of sp³-hybridized carbons (Fsp3) is 0.385. The summed E-state index contributed by atoms with van der Waals surface area (Å²) in [6.45, 7) is 4.65. The van der Waals surface area contributed by atoms with Gasteiger partial charge in [-0.2, -0.15) is 0 Å². The van der Waals surface area contributed by atoms with Crippen molar-refractivity contribution >= 4 is 0 Å². The highest BCUT2D eigenvalue weighted by Gasteiger charge is 2.10. The number of ether oxygens (including phenoxy) is 1. The van der Waals surface area contributed by atoms with Crippen LogP contribution in [0.25, 0.3) is 0 Å². The van der Waals surface area contributed by atoms with Gasteiger partial charge in [0.05, 0.1) is 0 Å². The van der Waals surface area contributed by atoms with Gasteiger partial charge in [0.15, 0.2) is 0 Å². The Morgan fingerprint density at radius 2 is 2.00 bits per heavy atom. The normalized spacial score (nSPS) is 12.9. The van der Waals surface area contributed by atoms with E-state index in [-0.39, 0.29) is 0 Å². The number of hydrogen-bond acceptors (Lipinski definition) is 2. The molecule has 2 heteroatoms. The maximum absolute atomic E-state index is 5.65. The second-order valence-electron chi connectivity index (χ2n) is 3.12. The van der Waals surface area contributed by atoms with Crippen molar-refractivity contribution in [3.8, 4) is 5.75 Å². The van der Waals surface area contributed by atoms with Gasteiger partial charge in [-0.3, -0.25) is 0 Å². The Morgan fingerprint density at radius 3 is 2.73 bits per heavy atom. The molecule has 1 aromatic carbocycles. The van der Waals surface area contributed by atoms with Crippen molar-refractivity contribution in [1.82, 2.24) is 0 Å². The molecule has 0 fully saturated rings. The molecular weight excluding hydrogens is 186 g/mol. The maximum Gasteiger partial charge on any atom is 0.130 e. The minimum atomic E-state index is 0.647. The average Bonchev–Trinajstić information content (AvgIpc) is 2.32. The summed E-state index contributed by atoms with van der Waals surface area (Å²) in [5.74, 6) is 1.98. The monoisotopic (exact) mass is 205 g/mol. The number of para-hydroxylation sites is 1. The first-order valence-corrected chi connectivity index (χ1v) is 5.55. The van der Waals surface area contributed by atoms with Crippen LogP contribution < -0.4 is 10.5 Å². The molecule has 0 saturated carbocycles. The topological polar surface area (TPSA) is 35.2 Å². The zero-order valence-corrected chi connectivity index (χ0v) is 9.49. The largest absolute Gasteiger partial charge is 0.462 e. The predicted octanol–water partition coefficient (Wildman–Crippen LogP) is 2.88. The Morgan fingerprint density at radius 1 is 1.27 bits per heavy atom. The molecule has 0 spiro atoms. The zero-order chi connectivity index (χ0) is 11.1. The first-order chi connectivity index (χ1) is 7.40. The summed E-state index contributed by atoms with van der Waals surface area (Å²) in [7, 11) is 0. The van der Waals surface area contributed by atoms with Crippen LogP contribution in [0.2, 0.25) is 0 Å². The third-order valence-corrected chi connectivity index (χ3v) is 2.15. The molecule has 1 aliphatic rings. The highest BCUT2D eigenvalue weighted by molar-refractivity contribution is 5.38. The van der Waals surface area contributed by atoms with Gasteiger partial charge in [-0.05, 0) is 30.7 Å². The van der Waals surface area contributed by atoms with E-state index in [9.17, 15) is 0 Å². The van der Waals surface area contributed by atoms with E-state index >= 15 is 0 Å². The van der Waals surface area contributed by atoms with Crippen LogP contribution in [0.5, 0.6) is 5.75 Å². The highest BCUT2D eigenvalue weighted by Crippen LogP contribution is 2.26. The number of allylic oxidation sites excluding steroid dienone is 1. The van der Waals surface area contributed by atoms with Crippen molar-refractivity contribution in [2.24, 2.45) is 5.73 Å². The molecule has 2 nitrogen and oxygen atoms in total. The molecule has 1 heterocycles. The second-order valence-corrected chi connectivity index (χ2v) is 3.12. The van der Waals surface area contributed by atoms with Crippen molar-refractivity contribution in [3.05, 3.63) is 41.7 Å². The lowest BCUT2D eigenvalue weighted by atomic mass is 10.1. The molecule has 0 aromatic heterocycles. The minimum absolute atomic E-state index is 0.647. The lowest BCUT2D eigenvalue weighted by Gasteiger charge is -2.17. The summed E-state index contributed by atoms with van der Waals surface area (Å²) < 4.78 is 5.65. The Labute approximate surface area is 91.7 Å². The molecule has 1 aliphatic heterocycles. The summed E-state index contributed by atoms with van der Waals surface area (Å²) >= 11 is 0. The first-order valence-electron chi connectivity index (χ1n) is 5.55. The fourth-order valence-corrected chi connectivity index (χ4v) is 1.47. The van der Waals surface area contributed by atoms with Crippen molar-refractivity contribution in [2.75, 3.05) is 6.54 Å². The average molecular weight is 205 g/mol. The minimum Gasteiger partial charge on any atom is -0.462 e. The Balaban J connectivity index is 0.000000531. The van der Waals surface area contributed by atoms with Gasteiger partial charge in [0, 0.05) is 6.42 Å². The van der Waals surface area contributed by atoms with E-state index in [0.717, 1.165) is 24.4 Å². The number of hydrogen-bond donors (Lipinski definition) is 1. The van der Waals surface area contributed by atoms with Crippen LogP contribution in [0.15, 0.2) is 36.1 Å². The van der Waals surface area contributed by atoms with E-state index in [4.69, 9.17) is 10.5 Å². The molecule has 0 bridgehead atoms. The van der Waals surface area contributed by atoms with Crippen LogP contribution >= 0.6 is 0 Å². The van der Waals surface area contributed by atoms with E-state index < -0.39 is 0 Å². The van der Waals surface area contributed by atoms with E-state index in [2.05, 4.69) is 12.1 Å². The summed E-state index contributed by atoms with van der Waals surface area (Å²) in [6.07, 6.45) is 3.90. The van der Waals surface area contributed by atoms with Gasteiger partial charge < -0.3 is 10.5 Å². The summed E-state index contributed by atoms with van der Waals surface area (Å²) in [4.78, 5) is 0. The molecule has 0 atom stereocenters. The van der Waals surface area contributed by atoms with E-state index in [0.29, 0.717) is 6.54 Å². The van der Waals surface area contributed by atoms with E-state index in [1.807, 2.05) is 32.0 Å². The molecule has 0 saturated heterocycles. The summed E-state index contributed by atoms with van der Waals surface area (Å²) in [5, 5.41) is 0. The SMILES string of the molecule is CC.NCCC1=CCc2ccccc2O1. The molecule has 15 heavy (non-hydrogen) atoms. The lowest BCUT2D eigenvalue weighted by Crippen LogP contribution is -2.09. The van der Waals surface area contributed by atoms with Crippen molar-refractivity contribution in [2.45, 2.75) is 26.7 Å². The van der Waals surface area contributed by atoms with Crippen LogP contribution in [-0.2, 0) is 6.42 Å². The van der Waals surface area contributed by atoms with Crippen molar-refractivity contribution < 1.29 is 4.74 Å². The molecule has 0 unspecified atom stereocenters. The molecule has 0 amide bonds.